The molecular formula is C14H22N2W-4. The molecule has 3 heteroatoms. The Morgan fingerprint density at radius 3 is 0.824 bits per heavy atom. The van der Waals surface area contributed by atoms with Crippen molar-refractivity contribution in [3.05, 3.63) is 71.3 Å². The van der Waals surface area contributed by atoms with Crippen LogP contribution in [-0.4, -0.2) is 28.2 Å². The molecule has 0 amide bonds. The van der Waals surface area contributed by atoms with Gasteiger partial charge in [-0.1, -0.05) is 0 Å². The molecule has 0 unspecified atom stereocenters. The molecule has 0 radical (unpaired) electrons. The summed E-state index contributed by atoms with van der Waals surface area (Å²) in [5.41, 5.74) is 0. The van der Waals surface area contributed by atoms with Crippen LogP contribution in [0.25, 0.3) is 10.6 Å². The molecule has 0 fully saturated rings. The molecule has 0 N–H and O–H groups in total. The monoisotopic (exact) mass is 402 g/mol. The maximum Gasteiger partial charge on any atom is 0 e. The van der Waals surface area contributed by atoms with Gasteiger partial charge in [-0.05, 0) is 0 Å². The van der Waals surface area contributed by atoms with Gasteiger partial charge in [-0.3, -0.25) is 0 Å². The van der Waals surface area contributed by atoms with Crippen molar-refractivity contribution in [3.63, 3.8) is 0 Å². The van der Waals surface area contributed by atoms with Crippen molar-refractivity contribution in [3.8, 4) is 0 Å². The second-order valence-corrected chi connectivity index (χ2v) is 2.82. The average molecular weight is 402 g/mol. The van der Waals surface area contributed by atoms with Crippen LogP contribution in [-0.2, 0) is 21.1 Å². The van der Waals surface area contributed by atoms with Gasteiger partial charge in [0, 0.05) is 21.1 Å². The van der Waals surface area contributed by atoms with Gasteiger partial charge in [-0.2, -0.15) is 64.6 Å². The van der Waals surface area contributed by atoms with Crippen LogP contribution in [0.5, 0.6) is 0 Å². The molecule has 0 atom stereocenters. The van der Waals surface area contributed by atoms with Gasteiger partial charge < -0.3 is 10.6 Å². The fourth-order valence-corrected chi connectivity index (χ4v) is 0.642. The van der Waals surface area contributed by atoms with Crippen LogP contribution in [0.2, 0.25) is 0 Å². The average Bonchev–Trinajstić information content (AvgIpc) is 3.00. The van der Waals surface area contributed by atoms with E-state index in [-0.39, 0.29) is 21.1 Å². The van der Waals surface area contributed by atoms with E-state index in [2.05, 4.69) is 10.6 Å². The number of nitrogens with zero attached hydrogens (tertiary/aromatic N) is 2. The number of rotatable bonds is 0. The zero-order valence-corrected chi connectivity index (χ0v) is 14.0. The summed E-state index contributed by atoms with van der Waals surface area (Å²) in [6.45, 7) is 0. The first kappa shape index (κ1) is 21.6. The predicted molar refractivity (Wildman–Crippen MR) is 74.5 cm³/mol. The molecule has 2 rings (SSSR count). The minimum absolute atomic E-state index is 0. The zero-order chi connectivity index (χ0) is 12.5. The molecule has 0 bridgehead atoms. The van der Waals surface area contributed by atoms with Gasteiger partial charge in [-0.25, -0.2) is 24.3 Å². The van der Waals surface area contributed by atoms with Crippen molar-refractivity contribution in [2.45, 2.75) is 0 Å². The number of hydrogen-bond donors (Lipinski definition) is 0. The normalized spacial score (nSPS) is 6.82. The molecular weight excluding hydrogens is 380 g/mol. The quantitative estimate of drug-likeness (QED) is 0.595. The third-order valence-corrected chi connectivity index (χ3v) is 1.11. The van der Waals surface area contributed by atoms with E-state index >= 15 is 0 Å². The molecule has 2 nitrogen and oxygen atoms in total. The molecule has 0 aliphatic heterocycles. The van der Waals surface area contributed by atoms with Crippen molar-refractivity contribution in [2.24, 2.45) is 0 Å². The minimum Gasteiger partial charge on any atom is -0.668 e. The van der Waals surface area contributed by atoms with Crippen molar-refractivity contribution in [1.82, 2.24) is 0 Å². The first-order valence-electron chi connectivity index (χ1n) is 5.12. The van der Waals surface area contributed by atoms with Crippen LogP contribution in [0.3, 0.4) is 0 Å². The maximum atomic E-state index is 3.50. The SMILES string of the molecule is C[N-]C.C[N-]C.[W].c1cc[cH-]c1.c1cc[cH-]c1. The second-order valence-electron chi connectivity index (χ2n) is 2.82. The van der Waals surface area contributed by atoms with E-state index in [9.17, 15) is 0 Å². The Balaban J connectivity index is -0.000000157. The van der Waals surface area contributed by atoms with Gasteiger partial charge in [0.2, 0.25) is 0 Å². The Labute approximate surface area is 120 Å². The summed E-state index contributed by atoms with van der Waals surface area (Å²) in [6.07, 6.45) is 0. The minimum atomic E-state index is 0. The van der Waals surface area contributed by atoms with E-state index in [1.54, 1.807) is 28.2 Å². The van der Waals surface area contributed by atoms with Crippen LogP contribution in [0.15, 0.2) is 60.7 Å². The van der Waals surface area contributed by atoms with E-state index in [1.807, 2.05) is 60.7 Å². The number of hydrogen-bond acceptors (Lipinski definition) is 0. The Morgan fingerprint density at radius 1 is 0.588 bits per heavy atom. The van der Waals surface area contributed by atoms with Gasteiger partial charge in [0.05, 0.1) is 0 Å². The molecule has 17 heavy (non-hydrogen) atoms. The van der Waals surface area contributed by atoms with Crippen LogP contribution >= 0.6 is 0 Å². The summed E-state index contributed by atoms with van der Waals surface area (Å²) >= 11 is 0. The van der Waals surface area contributed by atoms with E-state index < -0.39 is 0 Å². The predicted octanol–water partition coefficient (Wildman–Crippen LogP) is 4.05. The topological polar surface area (TPSA) is 28.2 Å². The molecule has 0 spiro atoms. The van der Waals surface area contributed by atoms with Crippen molar-refractivity contribution < 1.29 is 21.1 Å². The third kappa shape index (κ3) is 31.3. The van der Waals surface area contributed by atoms with E-state index in [4.69, 9.17) is 0 Å². The van der Waals surface area contributed by atoms with Crippen LogP contribution in [0.1, 0.15) is 0 Å². The van der Waals surface area contributed by atoms with Crippen LogP contribution < -0.4 is 0 Å². The Bertz CT molecular complexity index is 176. The smallest absolute Gasteiger partial charge is 0 e. The first-order valence-corrected chi connectivity index (χ1v) is 5.12. The summed E-state index contributed by atoms with van der Waals surface area (Å²) in [4.78, 5) is 0. The summed E-state index contributed by atoms with van der Waals surface area (Å²) in [6, 6.07) is 20.0. The van der Waals surface area contributed by atoms with E-state index in [1.165, 1.54) is 0 Å². The van der Waals surface area contributed by atoms with Gasteiger partial charge in [0.15, 0.2) is 0 Å². The van der Waals surface area contributed by atoms with Crippen LogP contribution in [0, 0.1) is 0 Å². The molecule has 0 aliphatic carbocycles. The fourth-order valence-electron chi connectivity index (χ4n) is 0.642. The van der Waals surface area contributed by atoms with Gasteiger partial charge in [0.25, 0.3) is 0 Å². The Kier molecular flexibility index (Phi) is 31.1. The van der Waals surface area contributed by atoms with Gasteiger partial charge in [-0.15, -0.1) is 0 Å². The second kappa shape index (κ2) is 24.5. The van der Waals surface area contributed by atoms with Crippen LogP contribution in [0.4, 0.5) is 0 Å². The largest absolute Gasteiger partial charge is 0.668 e. The Hall–Kier alpha value is -0.692. The summed E-state index contributed by atoms with van der Waals surface area (Å²) in [7, 11) is 7.00. The molecule has 0 aromatic heterocycles. The molecule has 0 saturated heterocycles. The third-order valence-electron chi connectivity index (χ3n) is 1.11. The Morgan fingerprint density at radius 2 is 0.765 bits per heavy atom. The van der Waals surface area contributed by atoms with Crippen molar-refractivity contribution >= 4 is 0 Å². The summed E-state index contributed by atoms with van der Waals surface area (Å²) < 4.78 is 0. The van der Waals surface area contributed by atoms with Crippen molar-refractivity contribution in [1.29, 1.82) is 0 Å². The molecule has 0 aliphatic rings. The van der Waals surface area contributed by atoms with Crippen molar-refractivity contribution in [2.75, 3.05) is 28.2 Å². The maximum absolute atomic E-state index is 3.50. The molecule has 0 heterocycles. The fraction of sp³-hybridized carbons (Fsp3) is 0.286. The molecule has 2 aromatic carbocycles. The molecule has 98 valence electrons. The van der Waals surface area contributed by atoms with Gasteiger partial charge >= 0.3 is 0 Å². The molecule has 2 aromatic rings. The van der Waals surface area contributed by atoms with E-state index in [0.29, 0.717) is 0 Å². The molecule has 0 saturated carbocycles. The first-order chi connectivity index (χ1) is 7.83. The summed E-state index contributed by atoms with van der Waals surface area (Å²) in [5.74, 6) is 0. The standard InChI is InChI=1S/2C5H5.2C2H6N.W/c2*1-2-4-5-3-1;2*1-3-2;/h2*1-5H;2*1-2H3;/q4*-1;. The summed E-state index contributed by atoms with van der Waals surface area (Å²) in [5, 5.41) is 7.00. The zero-order valence-electron chi connectivity index (χ0n) is 11.1. The van der Waals surface area contributed by atoms with E-state index in [0.717, 1.165) is 0 Å². The van der Waals surface area contributed by atoms with Gasteiger partial charge in [0.1, 0.15) is 0 Å².